The van der Waals surface area contributed by atoms with E-state index in [4.69, 9.17) is 9.72 Å². The third-order valence-electron chi connectivity index (χ3n) is 5.43. The summed E-state index contributed by atoms with van der Waals surface area (Å²) < 4.78 is 6.24. The predicted octanol–water partition coefficient (Wildman–Crippen LogP) is 4.84. The molecule has 1 N–H and O–H groups in total. The van der Waals surface area contributed by atoms with Gasteiger partial charge in [0, 0.05) is 18.2 Å². The molecule has 0 aromatic carbocycles. The summed E-state index contributed by atoms with van der Waals surface area (Å²) in [7, 11) is 0. The minimum absolute atomic E-state index is 0.0537. The van der Waals surface area contributed by atoms with Gasteiger partial charge in [-0.2, -0.15) is 4.98 Å². The lowest BCUT2D eigenvalue weighted by Crippen LogP contribution is -2.32. The van der Waals surface area contributed by atoms with Crippen LogP contribution in [-0.2, 0) is 0 Å². The second-order valence-electron chi connectivity index (χ2n) is 7.63. The van der Waals surface area contributed by atoms with E-state index in [-0.39, 0.29) is 18.1 Å². The number of hydrogen-bond acceptors (Lipinski definition) is 5. The van der Waals surface area contributed by atoms with Gasteiger partial charge in [0.2, 0.25) is 5.88 Å². The topological polar surface area (TPSA) is 64.1 Å². The van der Waals surface area contributed by atoms with E-state index < -0.39 is 0 Å². The SMILES string of the molecule is CS/C=C/C(C)NC(=O)c1cnc(C2CCCC2)nc1OC1CCCCC1. The molecule has 1 unspecified atom stereocenters. The van der Waals surface area contributed by atoms with Crippen LogP contribution in [0.5, 0.6) is 5.88 Å². The van der Waals surface area contributed by atoms with Crippen LogP contribution in [0.4, 0.5) is 0 Å². The summed E-state index contributed by atoms with van der Waals surface area (Å²) in [5.41, 5.74) is 0.451. The number of thioether (sulfide) groups is 1. The third kappa shape index (κ3) is 5.71. The molecular weight excluding hydrogens is 358 g/mol. The van der Waals surface area contributed by atoms with Gasteiger partial charge in [-0.15, -0.1) is 11.8 Å². The Kier molecular flexibility index (Phi) is 7.56. The van der Waals surface area contributed by atoms with Crippen LogP contribution >= 0.6 is 11.8 Å². The summed E-state index contributed by atoms with van der Waals surface area (Å²) in [6.45, 7) is 1.96. The molecule has 6 heteroatoms. The van der Waals surface area contributed by atoms with Crippen molar-refractivity contribution in [3.63, 3.8) is 0 Å². The van der Waals surface area contributed by atoms with E-state index in [2.05, 4.69) is 10.3 Å². The predicted molar refractivity (Wildman–Crippen MR) is 110 cm³/mol. The Morgan fingerprint density at radius 2 is 1.93 bits per heavy atom. The van der Waals surface area contributed by atoms with Gasteiger partial charge in [0.1, 0.15) is 17.5 Å². The van der Waals surface area contributed by atoms with E-state index in [9.17, 15) is 4.79 Å². The maximum Gasteiger partial charge on any atom is 0.258 e. The molecule has 5 nitrogen and oxygen atoms in total. The van der Waals surface area contributed by atoms with Crippen molar-refractivity contribution in [2.45, 2.75) is 82.8 Å². The summed E-state index contributed by atoms with van der Waals surface area (Å²) in [6.07, 6.45) is 16.2. The third-order valence-corrected chi connectivity index (χ3v) is 5.86. The average Bonchev–Trinajstić information content (AvgIpc) is 3.22. The molecule has 27 heavy (non-hydrogen) atoms. The van der Waals surface area contributed by atoms with Gasteiger partial charge in [-0.3, -0.25) is 4.79 Å². The summed E-state index contributed by atoms with van der Waals surface area (Å²) in [5.74, 6) is 1.54. The van der Waals surface area contributed by atoms with Crippen molar-refractivity contribution >= 4 is 17.7 Å². The second kappa shape index (κ2) is 10.1. The first kappa shape index (κ1) is 20.2. The van der Waals surface area contributed by atoms with Gasteiger partial charge >= 0.3 is 0 Å². The molecule has 1 amide bonds. The largest absolute Gasteiger partial charge is 0.474 e. The van der Waals surface area contributed by atoms with Crippen LogP contribution in [0.25, 0.3) is 0 Å². The number of nitrogens with one attached hydrogen (secondary N) is 1. The van der Waals surface area contributed by atoms with Gasteiger partial charge in [0.05, 0.1) is 0 Å². The first-order valence-corrected chi connectivity index (χ1v) is 11.5. The lowest BCUT2D eigenvalue weighted by molar-refractivity contribution is 0.0931. The Labute approximate surface area is 166 Å². The molecule has 0 spiro atoms. The lowest BCUT2D eigenvalue weighted by atomic mass is 9.98. The highest BCUT2D eigenvalue weighted by molar-refractivity contribution is 8.01. The Balaban J connectivity index is 1.79. The van der Waals surface area contributed by atoms with Gasteiger partial charge in [-0.05, 0) is 57.1 Å². The average molecular weight is 390 g/mol. The summed E-state index contributed by atoms with van der Waals surface area (Å²) in [6, 6.07) is -0.0537. The van der Waals surface area contributed by atoms with Crippen LogP contribution < -0.4 is 10.1 Å². The van der Waals surface area contributed by atoms with Crippen LogP contribution in [0.2, 0.25) is 0 Å². The van der Waals surface area contributed by atoms with Gasteiger partial charge in [0.25, 0.3) is 5.91 Å². The molecule has 148 valence electrons. The van der Waals surface area contributed by atoms with Crippen molar-refractivity contribution < 1.29 is 9.53 Å². The molecule has 2 aliphatic rings. The number of rotatable bonds is 7. The number of hydrogen-bond donors (Lipinski definition) is 1. The minimum atomic E-state index is -0.169. The number of carbonyl (C=O) groups excluding carboxylic acids is 1. The Morgan fingerprint density at radius 1 is 1.22 bits per heavy atom. The van der Waals surface area contributed by atoms with Crippen LogP contribution in [0.3, 0.4) is 0 Å². The molecule has 1 atom stereocenters. The van der Waals surface area contributed by atoms with Crippen molar-refractivity contribution in [1.82, 2.24) is 15.3 Å². The molecule has 0 aliphatic heterocycles. The lowest BCUT2D eigenvalue weighted by Gasteiger charge is -2.24. The van der Waals surface area contributed by atoms with Crippen molar-refractivity contribution in [2.75, 3.05) is 6.26 Å². The number of ether oxygens (including phenoxy) is 1. The maximum atomic E-state index is 12.8. The van der Waals surface area contributed by atoms with E-state index in [0.29, 0.717) is 17.4 Å². The highest BCUT2D eigenvalue weighted by atomic mass is 32.2. The highest BCUT2D eigenvalue weighted by Crippen LogP contribution is 2.33. The van der Waals surface area contributed by atoms with E-state index in [1.165, 1.54) is 32.1 Å². The van der Waals surface area contributed by atoms with Crippen LogP contribution in [-0.4, -0.2) is 34.3 Å². The molecule has 1 aromatic heterocycles. The van der Waals surface area contributed by atoms with E-state index >= 15 is 0 Å². The molecule has 2 aliphatic carbocycles. The molecule has 1 aromatic rings. The van der Waals surface area contributed by atoms with Crippen LogP contribution in [0, 0.1) is 0 Å². The zero-order valence-corrected chi connectivity index (χ0v) is 17.3. The molecule has 2 fully saturated rings. The smallest absolute Gasteiger partial charge is 0.258 e. The highest BCUT2D eigenvalue weighted by Gasteiger charge is 2.25. The van der Waals surface area contributed by atoms with Crippen molar-refractivity contribution in [3.05, 3.63) is 29.1 Å². The fourth-order valence-corrected chi connectivity index (χ4v) is 4.27. The van der Waals surface area contributed by atoms with Crippen molar-refractivity contribution in [3.8, 4) is 5.88 Å². The van der Waals surface area contributed by atoms with Gasteiger partial charge in [0.15, 0.2) is 0 Å². The van der Waals surface area contributed by atoms with Gasteiger partial charge in [-0.25, -0.2) is 4.98 Å². The number of nitrogens with zero attached hydrogens (tertiary/aromatic N) is 2. The second-order valence-corrected chi connectivity index (χ2v) is 8.38. The number of aromatic nitrogens is 2. The maximum absolute atomic E-state index is 12.8. The zero-order chi connectivity index (χ0) is 19.1. The van der Waals surface area contributed by atoms with E-state index in [0.717, 1.165) is 31.5 Å². The van der Waals surface area contributed by atoms with Gasteiger partial charge < -0.3 is 10.1 Å². The molecule has 0 bridgehead atoms. The Hall–Kier alpha value is -1.56. The van der Waals surface area contributed by atoms with Crippen molar-refractivity contribution in [1.29, 1.82) is 0 Å². The monoisotopic (exact) mass is 389 g/mol. The molecule has 0 radical (unpaired) electrons. The molecular formula is C21H31N3O2S. The molecule has 2 saturated carbocycles. The summed E-state index contributed by atoms with van der Waals surface area (Å²) in [5, 5.41) is 4.97. The fraction of sp³-hybridized carbons (Fsp3) is 0.667. The zero-order valence-electron chi connectivity index (χ0n) is 16.4. The molecule has 3 rings (SSSR count). The summed E-state index contributed by atoms with van der Waals surface area (Å²) >= 11 is 1.61. The Bertz CT molecular complexity index is 653. The standard InChI is InChI=1S/C21H31N3O2S/c1-15(12-13-27-2)23-20(25)18-14-22-19(16-8-6-7-9-16)24-21(18)26-17-10-4-3-5-11-17/h12-17H,3-11H2,1-2H3,(H,23,25)/b13-12+. The van der Waals surface area contributed by atoms with Crippen LogP contribution in [0.1, 0.15) is 86.8 Å². The minimum Gasteiger partial charge on any atom is -0.474 e. The quantitative estimate of drug-likeness (QED) is 0.723. The molecule has 1 heterocycles. The first-order chi connectivity index (χ1) is 13.2. The first-order valence-electron chi connectivity index (χ1n) is 10.2. The van der Waals surface area contributed by atoms with Crippen molar-refractivity contribution in [2.24, 2.45) is 0 Å². The van der Waals surface area contributed by atoms with E-state index in [1.54, 1.807) is 18.0 Å². The number of amides is 1. The van der Waals surface area contributed by atoms with Crippen LogP contribution in [0.15, 0.2) is 17.7 Å². The van der Waals surface area contributed by atoms with Gasteiger partial charge in [-0.1, -0.05) is 25.3 Å². The normalized spacial score (nSPS) is 20.1. The molecule has 0 saturated heterocycles. The van der Waals surface area contributed by atoms with E-state index in [1.807, 2.05) is 24.7 Å². The number of carbonyl (C=O) groups is 1. The Morgan fingerprint density at radius 3 is 2.63 bits per heavy atom. The fourth-order valence-electron chi connectivity index (χ4n) is 3.88. The summed E-state index contributed by atoms with van der Waals surface area (Å²) in [4.78, 5) is 22.1.